The lowest BCUT2D eigenvalue weighted by atomic mass is 9.86. The molecule has 1 amide bonds. The normalized spacial score (nSPS) is 26.1. The van der Waals surface area contributed by atoms with Crippen LogP contribution in [0.3, 0.4) is 0 Å². The van der Waals surface area contributed by atoms with E-state index in [2.05, 4.69) is 10.6 Å². The number of piperazine rings is 1. The van der Waals surface area contributed by atoms with E-state index in [4.69, 9.17) is 0 Å². The summed E-state index contributed by atoms with van der Waals surface area (Å²) in [4.78, 5) is 11.9. The average Bonchev–Trinajstić information content (AvgIpc) is 2.23. The summed E-state index contributed by atoms with van der Waals surface area (Å²) in [7, 11) is 0. The summed E-state index contributed by atoms with van der Waals surface area (Å²) in [6, 6.07) is 8.00. The monoisotopic (exact) mass is 204 g/mol. The van der Waals surface area contributed by atoms with E-state index >= 15 is 0 Å². The minimum atomic E-state index is -0.580. The van der Waals surface area contributed by atoms with E-state index in [0.29, 0.717) is 6.54 Å². The Morgan fingerprint density at radius 2 is 2.00 bits per heavy atom. The fraction of sp³-hybridized carbons (Fsp3) is 0.417. The van der Waals surface area contributed by atoms with Gasteiger partial charge in [0.05, 0.1) is 0 Å². The van der Waals surface area contributed by atoms with E-state index in [0.717, 1.165) is 17.7 Å². The molecule has 1 aliphatic rings. The topological polar surface area (TPSA) is 41.1 Å². The van der Waals surface area contributed by atoms with Gasteiger partial charge < -0.3 is 5.32 Å². The van der Waals surface area contributed by atoms with Crippen molar-refractivity contribution in [1.29, 1.82) is 0 Å². The number of hydrogen-bond donors (Lipinski definition) is 2. The van der Waals surface area contributed by atoms with E-state index in [1.807, 2.05) is 38.1 Å². The fourth-order valence-electron chi connectivity index (χ4n) is 2.10. The van der Waals surface area contributed by atoms with Crippen LogP contribution in [0.5, 0.6) is 0 Å². The summed E-state index contributed by atoms with van der Waals surface area (Å²) in [5.41, 5.74) is 1.62. The fourth-order valence-corrected chi connectivity index (χ4v) is 2.10. The van der Waals surface area contributed by atoms with Crippen molar-refractivity contribution in [2.45, 2.75) is 19.4 Å². The Kier molecular flexibility index (Phi) is 2.49. The molecular weight excluding hydrogens is 188 g/mol. The number of nitrogens with one attached hydrogen (secondary N) is 2. The first-order valence-corrected chi connectivity index (χ1v) is 5.24. The Morgan fingerprint density at radius 3 is 2.67 bits per heavy atom. The predicted molar refractivity (Wildman–Crippen MR) is 59.5 cm³/mol. The quantitative estimate of drug-likeness (QED) is 0.714. The Morgan fingerprint density at radius 1 is 1.27 bits per heavy atom. The standard InChI is InChI=1S/C12H16N2O/c1-9-5-3-4-6-10(9)12(2)11(15)13-7-8-14-12/h3-6,14H,7-8H2,1-2H3,(H,13,15). The number of rotatable bonds is 1. The maximum absolute atomic E-state index is 11.9. The summed E-state index contributed by atoms with van der Waals surface area (Å²) in [6.45, 7) is 5.49. The molecule has 1 heterocycles. The number of aryl methyl sites for hydroxylation is 1. The molecule has 0 aliphatic carbocycles. The third-order valence-electron chi connectivity index (χ3n) is 3.03. The van der Waals surface area contributed by atoms with Gasteiger partial charge in [0, 0.05) is 13.1 Å². The van der Waals surface area contributed by atoms with Crippen molar-refractivity contribution in [1.82, 2.24) is 10.6 Å². The lowest BCUT2D eigenvalue weighted by Gasteiger charge is -2.35. The molecule has 1 unspecified atom stereocenters. The maximum Gasteiger partial charge on any atom is 0.244 e. The highest BCUT2D eigenvalue weighted by Gasteiger charge is 2.37. The Bertz CT molecular complexity index is 389. The van der Waals surface area contributed by atoms with Crippen molar-refractivity contribution in [3.05, 3.63) is 35.4 Å². The van der Waals surface area contributed by atoms with Crippen LogP contribution in [0.15, 0.2) is 24.3 Å². The van der Waals surface area contributed by atoms with Gasteiger partial charge in [-0.2, -0.15) is 0 Å². The van der Waals surface area contributed by atoms with Crippen molar-refractivity contribution < 1.29 is 4.79 Å². The molecule has 80 valence electrons. The highest BCUT2D eigenvalue weighted by atomic mass is 16.2. The van der Waals surface area contributed by atoms with Crippen molar-refractivity contribution in [2.75, 3.05) is 13.1 Å². The highest BCUT2D eigenvalue weighted by Crippen LogP contribution is 2.25. The van der Waals surface area contributed by atoms with Gasteiger partial charge in [-0.3, -0.25) is 10.1 Å². The summed E-state index contributed by atoms with van der Waals surface area (Å²) in [5.74, 6) is 0.0584. The molecule has 1 aromatic rings. The van der Waals surface area contributed by atoms with Crippen LogP contribution in [0.4, 0.5) is 0 Å². The first-order valence-electron chi connectivity index (χ1n) is 5.24. The van der Waals surface area contributed by atoms with Crippen LogP contribution in [-0.2, 0) is 10.3 Å². The lowest BCUT2D eigenvalue weighted by molar-refractivity contribution is -0.129. The van der Waals surface area contributed by atoms with Crippen molar-refractivity contribution in [2.24, 2.45) is 0 Å². The van der Waals surface area contributed by atoms with Crippen LogP contribution >= 0.6 is 0 Å². The molecule has 3 heteroatoms. The Hall–Kier alpha value is -1.35. The van der Waals surface area contributed by atoms with Gasteiger partial charge in [0.2, 0.25) is 5.91 Å². The van der Waals surface area contributed by atoms with E-state index < -0.39 is 5.54 Å². The Balaban J connectivity index is 2.44. The second-order valence-corrected chi connectivity index (χ2v) is 4.12. The molecule has 0 spiro atoms. The molecule has 0 aromatic heterocycles. The van der Waals surface area contributed by atoms with Crippen LogP contribution in [0.25, 0.3) is 0 Å². The molecule has 2 rings (SSSR count). The second-order valence-electron chi connectivity index (χ2n) is 4.12. The molecule has 1 aromatic carbocycles. The SMILES string of the molecule is Cc1ccccc1C1(C)NCCNC1=O. The molecular formula is C12H16N2O. The second kappa shape index (κ2) is 3.66. The van der Waals surface area contributed by atoms with Gasteiger partial charge in [-0.15, -0.1) is 0 Å². The van der Waals surface area contributed by atoms with Crippen LogP contribution in [0.1, 0.15) is 18.1 Å². The van der Waals surface area contributed by atoms with Gasteiger partial charge in [0.1, 0.15) is 5.54 Å². The largest absolute Gasteiger partial charge is 0.353 e. The number of benzene rings is 1. The molecule has 0 radical (unpaired) electrons. The molecule has 3 nitrogen and oxygen atoms in total. The Labute approximate surface area is 89.9 Å². The third-order valence-corrected chi connectivity index (χ3v) is 3.03. The molecule has 0 bridgehead atoms. The van der Waals surface area contributed by atoms with Gasteiger partial charge in [-0.1, -0.05) is 24.3 Å². The number of carbonyl (C=O) groups excluding carboxylic acids is 1. The van der Waals surface area contributed by atoms with Crippen LogP contribution in [-0.4, -0.2) is 19.0 Å². The molecule has 1 fully saturated rings. The van der Waals surface area contributed by atoms with E-state index in [-0.39, 0.29) is 5.91 Å². The van der Waals surface area contributed by atoms with Gasteiger partial charge in [0.25, 0.3) is 0 Å². The minimum Gasteiger partial charge on any atom is -0.353 e. The zero-order valence-corrected chi connectivity index (χ0v) is 9.13. The first-order chi connectivity index (χ1) is 7.14. The van der Waals surface area contributed by atoms with E-state index in [9.17, 15) is 4.79 Å². The summed E-state index contributed by atoms with van der Waals surface area (Å²) >= 11 is 0. The molecule has 1 atom stereocenters. The predicted octanol–water partition coefficient (Wildman–Crippen LogP) is 0.930. The number of amides is 1. The van der Waals surface area contributed by atoms with Crippen molar-refractivity contribution in [3.8, 4) is 0 Å². The van der Waals surface area contributed by atoms with Gasteiger partial charge in [0.15, 0.2) is 0 Å². The van der Waals surface area contributed by atoms with Crippen LogP contribution in [0, 0.1) is 6.92 Å². The van der Waals surface area contributed by atoms with Crippen molar-refractivity contribution in [3.63, 3.8) is 0 Å². The van der Waals surface area contributed by atoms with Crippen molar-refractivity contribution >= 4 is 5.91 Å². The molecule has 2 N–H and O–H groups in total. The van der Waals surface area contributed by atoms with Gasteiger partial charge in [-0.25, -0.2) is 0 Å². The average molecular weight is 204 g/mol. The maximum atomic E-state index is 11.9. The van der Waals surface area contributed by atoms with Crippen LogP contribution < -0.4 is 10.6 Å². The number of carbonyl (C=O) groups is 1. The van der Waals surface area contributed by atoms with Crippen LogP contribution in [0.2, 0.25) is 0 Å². The highest BCUT2D eigenvalue weighted by molar-refractivity contribution is 5.88. The summed E-state index contributed by atoms with van der Waals surface area (Å²) in [5, 5.41) is 6.19. The first kappa shape index (κ1) is 10.2. The number of hydrogen-bond acceptors (Lipinski definition) is 2. The van der Waals surface area contributed by atoms with Gasteiger partial charge >= 0.3 is 0 Å². The molecule has 1 aliphatic heterocycles. The van der Waals surface area contributed by atoms with E-state index in [1.165, 1.54) is 0 Å². The van der Waals surface area contributed by atoms with Gasteiger partial charge in [-0.05, 0) is 25.0 Å². The molecule has 0 saturated carbocycles. The lowest BCUT2D eigenvalue weighted by Crippen LogP contribution is -2.59. The van der Waals surface area contributed by atoms with E-state index in [1.54, 1.807) is 0 Å². The summed E-state index contributed by atoms with van der Waals surface area (Å²) < 4.78 is 0. The summed E-state index contributed by atoms with van der Waals surface area (Å²) in [6.07, 6.45) is 0. The minimum absolute atomic E-state index is 0.0584. The smallest absolute Gasteiger partial charge is 0.244 e. The molecule has 1 saturated heterocycles. The molecule has 15 heavy (non-hydrogen) atoms. The zero-order chi connectivity index (χ0) is 10.9. The third kappa shape index (κ3) is 1.63. The zero-order valence-electron chi connectivity index (χ0n) is 9.13.